The van der Waals surface area contributed by atoms with Crippen LogP contribution < -0.4 is 5.32 Å². The van der Waals surface area contributed by atoms with Crippen molar-refractivity contribution in [3.05, 3.63) is 24.3 Å². The minimum atomic E-state index is -0.634. The average molecular weight is 653 g/mol. The summed E-state index contributed by atoms with van der Waals surface area (Å²) in [6.07, 6.45) is 10.7. The van der Waals surface area contributed by atoms with Crippen LogP contribution in [0.5, 0.6) is 0 Å². The standard InChI is InChI=1S/C38H60N4O5/c1-10-13-25(34(45)31(44)20-24(3)11-2)21-30(43)33-27-15-12-14-26(27)23-42(33)36(47)28(37(4,5)6)16-17-32(38(7,8)9)41-35(46)29-22-39-18-19-40-29/h18-19,22,24-28,32-33H,10-17,20-21,23H2,1-9H3,(H,41,46)/t24-,25+,26-,27-,28+,32+,33-/m0/s1. The van der Waals surface area contributed by atoms with E-state index in [1.54, 1.807) is 0 Å². The summed E-state index contributed by atoms with van der Waals surface area (Å²) < 4.78 is 0. The molecule has 1 saturated heterocycles. The second-order valence-corrected chi connectivity index (χ2v) is 16.4. The Hall–Kier alpha value is -2.97. The Kier molecular flexibility index (Phi) is 13.4. The fourth-order valence-electron chi connectivity index (χ4n) is 7.60. The molecule has 2 aliphatic rings. The molecule has 0 radical (unpaired) electrons. The van der Waals surface area contributed by atoms with E-state index in [-0.39, 0.29) is 82.5 Å². The van der Waals surface area contributed by atoms with Crippen LogP contribution in [0.1, 0.15) is 137 Å². The molecule has 1 saturated carbocycles. The second kappa shape index (κ2) is 16.4. The first-order valence-electron chi connectivity index (χ1n) is 18.0. The van der Waals surface area contributed by atoms with Gasteiger partial charge in [-0.05, 0) is 60.7 Å². The van der Waals surface area contributed by atoms with E-state index >= 15 is 0 Å². The van der Waals surface area contributed by atoms with Gasteiger partial charge in [-0.3, -0.25) is 29.0 Å². The molecule has 2 heterocycles. The van der Waals surface area contributed by atoms with Crippen molar-refractivity contribution < 1.29 is 24.0 Å². The number of amides is 2. The normalized spacial score (nSPS) is 22.2. The van der Waals surface area contributed by atoms with E-state index in [1.165, 1.54) is 18.6 Å². The van der Waals surface area contributed by atoms with Gasteiger partial charge in [0.05, 0.1) is 12.2 Å². The Morgan fingerprint density at radius 3 is 2.21 bits per heavy atom. The molecule has 0 aromatic carbocycles. The van der Waals surface area contributed by atoms with Crippen molar-refractivity contribution in [2.45, 2.75) is 139 Å². The predicted molar refractivity (Wildman–Crippen MR) is 183 cm³/mol. The SMILES string of the molecule is CCC[C@H](CC(=O)[C@@H]1[C@H]2CCC[C@H]2CN1C(=O)[C@@H](CC[C@@H](NC(=O)c1cnccn1)C(C)(C)C)C(C)(C)C)C(=O)C(=O)C[C@@H](C)CC. The highest BCUT2D eigenvalue weighted by Gasteiger charge is 2.51. The zero-order chi connectivity index (χ0) is 35.1. The molecule has 7 atom stereocenters. The summed E-state index contributed by atoms with van der Waals surface area (Å²) in [4.78, 5) is 78.0. The number of nitrogens with zero attached hydrogens (tertiary/aromatic N) is 3. The fourth-order valence-corrected chi connectivity index (χ4v) is 7.60. The highest BCUT2D eigenvalue weighted by molar-refractivity contribution is 6.38. The number of aromatic nitrogens is 2. The van der Waals surface area contributed by atoms with Crippen molar-refractivity contribution in [3.63, 3.8) is 0 Å². The summed E-state index contributed by atoms with van der Waals surface area (Å²) in [5, 5.41) is 3.14. The molecule has 47 heavy (non-hydrogen) atoms. The van der Waals surface area contributed by atoms with Crippen LogP contribution in [0, 0.1) is 40.4 Å². The van der Waals surface area contributed by atoms with Gasteiger partial charge in [0.1, 0.15) is 5.69 Å². The third kappa shape index (κ3) is 10.0. The quantitative estimate of drug-likeness (QED) is 0.198. The minimum absolute atomic E-state index is 0.0112. The van der Waals surface area contributed by atoms with Crippen LogP contribution in [0.4, 0.5) is 0 Å². The molecule has 0 unspecified atom stereocenters. The molecule has 2 amide bonds. The lowest BCUT2D eigenvalue weighted by molar-refractivity contribution is -0.146. The summed E-state index contributed by atoms with van der Waals surface area (Å²) >= 11 is 0. The monoisotopic (exact) mass is 652 g/mol. The first-order valence-corrected chi connectivity index (χ1v) is 18.0. The molecule has 9 nitrogen and oxygen atoms in total. The number of hydrogen-bond donors (Lipinski definition) is 1. The maximum absolute atomic E-state index is 14.6. The summed E-state index contributed by atoms with van der Waals surface area (Å²) in [6, 6.07) is -0.787. The average Bonchev–Trinajstić information content (AvgIpc) is 3.60. The van der Waals surface area contributed by atoms with E-state index in [0.29, 0.717) is 32.2 Å². The van der Waals surface area contributed by atoms with E-state index < -0.39 is 17.7 Å². The van der Waals surface area contributed by atoms with Crippen LogP contribution in [0.2, 0.25) is 0 Å². The van der Waals surface area contributed by atoms with Crippen LogP contribution in [-0.4, -0.2) is 62.7 Å². The topological polar surface area (TPSA) is 126 Å². The zero-order valence-corrected chi connectivity index (χ0v) is 30.4. The van der Waals surface area contributed by atoms with Gasteiger partial charge in [-0.1, -0.05) is 81.6 Å². The van der Waals surface area contributed by atoms with E-state index in [0.717, 1.165) is 25.7 Å². The van der Waals surface area contributed by atoms with Gasteiger partial charge in [-0.2, -0.15) is 0 Å². The number of carbonyl (C=O) groups excluding carboxylic acids is 5. The number of rotatable bonds is 16. The number of ketones is 3. The van der Waals surface area contributed by atoms with Gasteiger partial charge in [0.25, 0.3) is 5.91 Å². The van der Waals surface area contributed by atoms with Crippen molar-refractivity contribution >= 4 is 29.2 Å². The molecular weight excluding hydrogens is 592 g/mol. The first kappa shape index (κ1) is 38.5. The summed E-state index contributed by atoms with van der Waals surface area (Å²) in [7, 11) is 0. The molecule has 1 aromatic rings. The van der Waals surface area contributed by atoms with Gasteiger partial charge in [0, 0.05) is 49.7 Å². The molecule has 1 aromatic heterocycles. The first-order chi connectivity index (χ1) is 22.0. The Morgan fingerprint density at radius 1 is 0.936 bits per heavy atom. The maximum atomic E-state index is 14.6. The Balaban J connectivity index is 1.83. The highest BCUT2D eigenvalue weighted by Crippen LogP contribution is 2.45. The number of likely N-dealkylation sites (tertiary alicyclic amines) is 1. The lowest BCUT2D eigenvalue weighted by atomic mass is 9.74. The summed E-state index contributed by atoms with van der Waals surface area (Å²) in [6.45, 7) is 18.9. The van der Waals surface area contributed by atoms with Gasteiger partial charge in [0.15, 0.2) is 11.6 Å². The minimum Gasteiger partial charge on any atom is -0.347 e. The summed E-state index contributed by atoms with van der Waals surface area (Å²) in [5.74, 6) is -1.72. The third-order valence-electron chi connectivity index (χ3n) is 10.7. The predicted octanol–water partition coefficient (Wildman–Crippen LogP) is 6.64. The van der Waals surface area contributed by atoms with Crippen LogP contribution in [0.3, 0.4) is 0 Å². The van der Waals surface area contributed by atoms with Gasteiger partial charge in [-0.25, -0.2) is 4.98 Å². The molecule has 262 valence electrons. The highest BCUT2D eigenvalue weighted by atomic mass is 16.2. The van der Waals surface area contributed by atoms with E-state index in [9.17, 15) is 24.0 Å². The van der Waals surface area contributed by atoms with Gasteiger partial charge >= 0.3 is 0 Å². The van der Waals surface area contributed by atoms with Gasteiger partial charge < -0.3 is 10.2 Å². The van der Waals surface area contributed by atoms with Crippen LogP contribution >= 0.6 is 0 Å². The second-order valence-electron chi connectivity index (χ2n) is 16.4. The molecule has 3 rings (SSSR count). The van der Waals surface area contributed by atoms with Crippen molar-refractivity contribution in [2.75, 3.05) is 6.54 Å². The lowest BCUT2D eigenvalue weighted by Crippen LogP contribution is -2.50. The summed E-state index contributed by atoms with van der Waals surface area (Å²) in [5.41, 5.74) is -0.417. The fraction of sp³-hybridized carbons (Fsp3) is 0.763. The Bertz CT molecular complexity index is 1250. The van der Waals surface area contributed by atoms with Crippen LogP contribution in [0.15, 0.2) is 18.6 Å². The van der Waals surface area contributed by atoms with Gasteiger partial charge in [0.2, 0.25) is 11.7 Å². The van der Waals surface area contributed by atoms with E-state index in [4.69, 9.17) is 0 Å². The number of carbonyl (C=O) groups is 5. The Morgan fingerprint density at radius 2 is 1.64 bits per heavy atom. The zero-order valence-electron chi connectivity index (χ0n) is 30.4. The maximum Gasteiger partial charge on any atom is 0.271 e. The molecule has 0 bridgehead atoms. The Labute approximate surface area is 282 Å². The van der Waals surface area contributed by atoms with Gasteiger partial charge in [-0.15, -0.1) is 0 Å². The smallest absolute Gasteiger partial charge is 0.271 e. The number of fused-ring (bicyclic) bond motifs is 1. The van der Waals surface area contributed by atoms with Crippen molar-refractivity contribution in [1.82, 2.24) is 20.2 Å². The molecule has 1 N–H and O–H groups in total. The number of nitrogens with one attached hydrogen (secondary N) is 1. The third-order valence-corrected chi connectivity index (χ3v) is 10.7. The lowest BCUT2D eigenvalue weighted by Gasteiger charge is -2.38. The van der Waals surface area contributed by atoms with E-state index in [2.05, 4.69) is 56.8 Å². The number of Topliss-reactive ketones (excluding diaryl/α,β-unsaturated/α-hetero) is 3. The molecule has 2 fully saturated rings. The van der Waals surface area contributed by atoms with Crippen molar-refractivity contribution in [3.8, 4) is 0 Å². The molecular formula is C38H60N4O5. The molecule has 0 spiro atoms. The van der Waals surface area contributed by atoms with Crippen LogP contribution in [-0.2, 0) is 19.2 Å². The van der Waals surface area contributed by atoms with Crippen molar-refractivity contribution in [2.24, 2.45) is 40.4 Å². The van der Waals surface area contributed by atoms with Crippen LogP contribution in [0.25, 0.3) is 0 Å². The molecule has 1 aliphatic carbocycles. The molecule has 9 heteroatoms. The molecule has 1 aliphatic heterocycles. The van der Waals surface area contributed by atoms with E-state index in [1.807, 2.05) is 25.7 Å². The largest absolute Gasteiger partial charge is 0.347 e. The number of hydrogen-bond acceptors (Lipinski definition) is 7. The van der Waals surface area contributed by atoms with Crippen molar-refractivity contribution in [1.29, 1.82) is 0 Å².